The number of H-pyrrole nitrogens is 1. The van der Waals surface area contributed by atoms with Gasteiger partial charge in [0.15, 0.2) is 0 Å². The second-order valence-electron chi connectivity index (χ2n) is 3.52. The molecular weight excluding hydrogens is 168 g/mol. The summed E-state index contributed by atoms with van der Waals surface area (Å²) in [6.07, 6.45) is 2.59. The van der Waals surface area contributed by atoms with E-state index in [9.17, 15) is 4.79 Å². The lowest BCUT2D eigenvalue weighted by atomic mass is 10.1. The molecule has 0 amide bonds. The molecule has 0 saturated heterocycles. The summed E-state index contributed by atoms with van der Waals surface area (Å²) in [6, 6.07) is 0. The minimum absolute atomic E-state index is 0.0297. The Balaban J connectivity index is 2.58. The summed E-state index contributed by atoms with van der Waals surface area (Å²) < 4.78 is 0. The number of rotatable bonds is 4. The van der Waals surface area contributed by atoms with Gasteiger partial charge in [-0.05, 0) is 12.3 Å². The summed E-state index contributed by atoms with van der Waals surface area (Å²) in [5, 5.41) is 8.50. The first-order chi connectivity index (χ1) is 6.08. The predicted molar refractivity (Wildman–Crippen MR) is 48.5 cm³/mol. The molecule has 0 aliphatic carbocycles. The van der Waals surface area contributed by atoms with Crippen molar-refractivity contribution in [1.82, 2.24) is 9.97 Å². The van der Waals surface area contributed by atoms with Gasteiger partial charge in [-0.15, -0.1) is 0 Å². The predicted octanol–water partition coefficient (Wildman–Crippen LogP) is 1.24. The van der Waals surface area contributed by atoms with Crippen molar-refractivity contribution in [3.05, 3.63) is 17.7 Å². The van der Waals surface area contributed by atoms with E-state index in [0.717, 1.165) is 12.1 Å². The number of carboxylic acids is 1. The average molecular weight is 182 g/mol. The maximum atomic E-state index is 10.3. The van der Waals surface area contributed by atoms with E-state index in [0.29, 0.717) is 11.7 Å². The van der Waals surface area contributed by atoms with Crippen LogP contribution < -0.4 is 0 Å². The first-order valence-electron chi connectivity index (χ1n) is 4.32. The van der Waals surface area contributed by atoms with E-state index in [-0.39, 0.29) is 6.42 Å². The number of imidazole rings is 1. The molecule has 1 aromatic heterocycles. The van der Waals surface area contributed by atoms with Gasteiger partial charge in [0.05, 0.1) is 0 Å². The second-order valence-corrected chi connectivity index (χ2v) is 3.52. The SMILES string of the molecule is CC(C)Cc1cnc(CC(=O)O)[nH]1. The van der Waals surface area contributed by atoms with Crippen LogP contribution in [0.15, 0.2) is 6.20 Å². The van der Waals surface area contributed by atoms with E-state index < -0.39 is 5.97 Å². The summed E-state index contributed by atoms with van der Waals surface area (Å²) >= 11 is 0. The van der Waals surface area contributed by atoms with Gasteiger partial charge in [-0.1, -0.05) is 13.8 Å². The van der Waals surface area contributed by atoms with Crippen LogP contribution in [0, 0.1) is 5.92 Å². The third kappa shape index (κ3) is 3.27. The highest BCUT2D eigenvalue weighted by Gasteiger charge is 2.05. The molecule has 0 radical (unpaired) electrons. The minimum Gasteiger partial charge on any atom is -0.481 e. The molecule has 1 heterocycles. The molecule has 0 saturated carbocycles. The Labute approximate surface area is 77.0 Å². The van der Waals surface area contributed by atoms with Crippen molar-refractivity contribution in [3.8, 4) is 0 Å². The van der Waals surface area contributed by atoms with E-state index >= 15 is 0 Å². The highest BCUT2D eigenvalue weighted by molar-refractivity contribution is 5.68. The molecule has 0 spiro atoms. The Hall–Kier alpha value is -1.32. The van der Waals surface area contributed by atoms with Crippen molar-refractivity contribution < 1.29 is 9.90 Å². The Morgan fingerprint density at radius 2 is 2.38 bits per heavy atom. The number of carbonyl (C=O) groups is 1. The van der Waals surface area contributed by atoms with Gasteiger partial charge in [0.1, 0.15) is 12.2 Å². The van der Waals surface area contributed by atoms with Crippen molar-refractivity contribution in [2.45, 2.75) is 26.7 Å². The van der Waals surface area contributed by atoms with Gasteiger partial charge >= 0.3 is 5.97 Å². The average Bonchev–Trinajstić information content (AvgIpc) is 2.33. The van der Waals surface area contributed by atoms with E-state index in [4.69, 9.17) is 5.11 Å². The molecule has 0 fully saturated rings. The molecule has 0 aliphatic rings. The Morgan fingerprint density at radius 3 is 2.92 bits per heavy atom. The number of aromatic amines is 1. The molecule has 72 valence electrons. The third-order valence-corrected chi connectivity index (χ3v) is 1.63. The number of aromatic nitrogens is 2. The van der Waals surface area contributed by atoms with Gasteiger partial charge in [0.25, 0.3) is 0 Å². The van der Waals surface area contributed by atoms with Crippen LogP contribution in [0.1, 0.15) is 25.4 Å². The molecule has 1 aromatic rings. The molecule has 4 heteroatoms. The van der Waals surface area contributed by atoms with Crippen LogP contribution in [0.25, 0.3) is 0 Å². The minimum atomic E-state index is -0.856. The van der Waals surface area contributed by atoms with Gasteiger partial charge in [0, 0.05) is 11.9 Å². The molecule has 0 aliphatic heterocycles. The zero-order valence-electron chi connectivity index (χ0n) is 7.87. The van der Waals surface area contributed by atoms with Crippen molar-refractivity contribution in [3.63, 3.8) is 0 Å². The number of hydrogen-bond acceptors (Lipinski definition) is 2. The molecule has 0 unspecified atom stereocenters. The lowest BCUT2D eigenvalue weighted by Crippen LogP contribution is -2.02. The molecule has 13 heavy (non-hydrogen) atoms. The molecule has 4 nitrogen and oxygen atoms in total. The van der Waals surface area contributed by atoms with Crippen molar-refractivity contribution in [1.29, 1.82) is 0 Å². The van der Waals surface area contributed by atoms with Gasteiger partial charge in [0.2, 0.25) is 0 Å². The first-order valence-corrected chi connectivity index (χ1v) is 4.32. The fourth-order valence-corrected chi connectivity index (χ4v) is 1.18. The van der Waals surface area contributed by atoms with Crippen LogP contribution in [0.3, 0.4) is 0 Å². The number of nitrogens with one attached hydrogen (secondary N) is 1. The van der Waals surface area contributed by atoms with Gasteiger partial charge in [-0.3, -0.25) is 4.79 Å². The maximum Gasteiger partial charge on any atom is 0.311 e. The number of carboxylic acid groups (broad SMARTS) is 1. The Bertz CT molecular complexity index is 292. The van der Waals surface area contributed by atoms with Crippen LogP contribution in [-0.4, -0.2) is 21.0 Å². The fourth-order valence-electron chi connectivity index (χ4n) is 1.18. The highest BCUT2D eigenvalue weighted by Crippen LogP contribution is 2.05. The molecule has 0 atom stereocenters. The largest absolute Gasteiger partial charge is 0.481 e. The molecule has 0 aromatic carbocycles. The van der Waals surface area contributed by atoms with Crippen molar-refractivity contribution in [2.24, 2.45) is 5.92 Å². The lowest BCUT2D eigenvalue weighted by molar-refractivity contribution is -0.136. The Kier molecular flexibility index (Phi) is 3.06. The number of aliphatic carboxylic acids is 1. The van der Waals surface area contributed by atoms with Gasteiger partial charge in [-0.2, -0.15) is 0 Å². The highest BCUT2D eigenvalue weighted by atomic mass is 16.4. The van der Waals surface area contributed by atoms with Crippen molar-refractivity contribution >= 4 is 5.97 Å². The lowest BCUT2D eigenvalue weighted by Gasteiger charge is -1.99. The zero-order chi connectivity index (χ0) is 9.84. The normalized spacial score (nSPS) is 10.7. The third-order valence-electron chi connectivity index (χ3n) is 1.63. The molecule has 1 rings (SSSR count). The monoisotopic (exact) mass is 182 g/mol. The topological polar surface area (TPSA) is 66.0 Å². The quantitative estimate of drug-likeness (QED) is 0.736. The summed E-state index contributed by atoms with van der Waals surface area (Å²) in [4.78, 5) is 17.3. The van der Waals surface area contributed by atoms with Crippen LogP contribution in [-0.2, 0) is 17.6 Å². The first kappa shape index (κ1) is 9.77. The van der Waals surface area contributed by atoms with E-state index in [1.54, 1.807) is 6.20 Å². The number of hydrogen-bond donors (Lipinski definition) is 2. The van der Waals surface area contributed by atoms with Crippen LogP contribution in [0.5, 0.6) is 0 Å². The summed E-state index contributed by atoms with van der Waals surface area (Å²) in [5.41, 5.74) is 1.01. The van der Waals surface area contributed by atoms with E-state index in [1.807, 2.05) is 0 Å². The van der Waals surface area contributed by atoms with Crippen LogP contribution >= 0.6 is 0 Å². The summed E-state index contributed by atoms with van der Waals surface area (Å²) in [6.45, 7) is 4.22. The van der Waals surface area contributed by atoms with Gasteiger partial charge < -0.3 is 10.1 Å². The van der Waals surface area contributed by atoms with E-state index in [1.165, 1.54) is 0 Å². The zero-order valence-corrected chi connectivity index (χ0v) is 7.87. The second kappa shape index (κ2) is 4.07. The maximum absolute atomic E-state index is 10.3. The van der Waals surface area contributed by atoms with Crippen molar-refractivity contribution in [2.75, 3.05) is 0 Å². The smallest absolute Gasteiger partial charge is 0.311 e. The van der Waals surface area contributed by atoms with Crippen LogP contribution in [0.2, 0.25) is 0 Å². The Morgan fingerprint density at radius 1 is 1.69 bits per heavy atom. The number of nitrogens with zero attached hydrogens (tertiary/aromatic N) is 1. The summed E-state index contributed by atoms with van der Waals surface area (Å²) in [7, 11) is 0. The van der Waals surface area contributed by atoms with Gasteiger partial charge in [-0.25, -0.2) is 4.98 Å². The molecule has 2 N–H and O–H groups in total. The van der Waals surface area contributed by atoms with E-state index in [2.05, 4.69) is 23.8 Å². The fraction of sp³-hybridized carbons (Fsp3) is 0.556. The standard InChI is InChI=1S/C9H14N2O2/c1-6(2)3-7-5-10-8(11-7)4-9(12)13/h5-6H,3-4H2,1-2H3,(H,10,11)(H,12,13). The summed E-state index contributed by atoms with van der Waals surface area (Å²) in [5.74, 6) is 0.228. The molecular formula is C9H14N2O2. The molecule has 0 bridgehead atoms. The van der Waals surface area contributed by atoms with Crippen LogP contribution in [0.4, 0.5) is 0 Å².